The fourth-order valence-electron chi connectivity index (χ4n) is 1.43. The largest absolute Gasteiger partial charge is 0.398 e. The van der Waals surface area contributed by atoms with Crippen LogP contribution in [0.25, 0.3) is 0 Å². The lowest BCUT2D eigenvalue weighted by molar-refractivity contribution is 0.262. The third kappa shape index (κ3) is 3.87. The van der Waals surface area contributed by atoms with Gasteiger partial charge in [0, 0.05) is 15.8 Å². The summed E-state index contributed by atoms with van der Waals surface area (Å²) >= 11 is 9.20. The molecular formula is C13H11BrClN3O. The lowest BCUT2D eigenvalue weighted by Crippen LogP contribution is -2.19. The Morgan fingerprint density at radius 3 is 2.26 bits per heavy atom. The van der Waals surface area contributed by atoms with Crippen LogP contribution < -0.4 is 16.4 Å². The topological polar surface area (TPSA) is 67.1 Å². The van der Waals surface area contributed by atoms with Crippen LogP contribution in [0.5, 0.6) is 0 Å². The van der Waals surface area contributed by atoms with Crippen molar-refractivity contribution >= 4 is 50.6 Å². The number of benzene rings is 2. The predicted molar refractivity (Wildman–Crippen MR) is 82.6 cm³/mol. The summed E-state index contributed by atoms with van der Waals surface area (Å²) in [7, 11) is 0. The number of halogens is 2. The van der Waals surface area contributed by atoms with Gasteiger partial charge in [0.25, 0.3) is 0 Å². The lowest BCUT2D eigenvalue weighted by Gasteiger charge is -2.08. The molecule has 2 rings (SSSR count). The predicted octanol–water partition coefficient (Wildman–Crippen LogP) is 4.33. The Kier molecular flexibility index (Phi) is 4.29. The van der Waals surface area contributed by atoms with Gasteiger partial charge in [-0.1, -0.05) is 27.5 Å². The van der Waals surface area contributed by atoms with Crippen LogP contribution in [0.4, 0.5) is 21.9 Å². The molecular weight excluding hydrogens is 330 g/mol. The summed E-state index contributed by atoms with van der Waals surface area (Å²) < 4.78 is 0.948. The quantitative estimate of drug-likeness (QED) is 0.712. The number of hydrogen-bond acceptors (Lipinski definition) is 2. The first-order valence-electron chi connectivity index (χ1n) is 5.43. The number of nitrogens with two attached hydrogens (primary N) is 1. The first kappa shape index (κ1) is 13.7. The molecule has 0 saturated carbocycles. The van der Waals surface area contributed by atoms with Crippen LogP contribution in [0.2, 0.25) is 5.02 Å². The Balaban J connectivity index is 2.01. The molecule has 0 radical (unpaired) electrons. The standard InChI is InChI=1S/C13H11BrClN3O/c14-8-1-3-9(4-2-8)17-13(19)18-10-5-6-12(16)11(15)7-10/h1-7H,16H2,(H2,17,18,19). The molecule has 2 amide bonds. The van der Waals surface area contributed by atoms with Crippen LogP contribution in [0.1, 0.15) is 0 Å². The Labute approximate surface area is 124 Å². The summed E-state index contributed by atoms with van der Waals surface area (Å²) in [6, 6.07) is 11.8. The summed E-state index contributed by atoms with van der Waals surface area (Å²) in [5.41, 5.74) is 7.34. The number of urea groups is 1. The van der Waals surface area contributed by atoms with E-state index in [-0.39, 0.29) is 6.03 Å². The van der Waals surface area contributed by atoms with Crippen LogP contribution in [-0.4, -0.2) is 6.03 Å². The molecule has 0 atom stereocenters. The molecule has 0 bridgehead atoms. The normalized spacial score (nSPS) is 10.0. The second-order valence-corrected chi connectivity index (χ2v) is 5.15. The minimum atomic E-state index is -0.344. The minimum Gasteiger partial charge on any atom is -0.398 e. The monoisotopic (exact) mass is 339 g/mol. The van der Waals surface area contributed by atoms with Gasteiger partial charge in [-0.2, -0.15) is 0 Å². The Morgan fingerprint density at radius 1 is 1.05 bits per heavy atom. The Bertz CT molecular complexity index is 601. The van der Waals surface area contributed by atoms with Crippen molar-refractivity contribution in [3.05, 3.63) is 52.0 Å². The van der Waals surface area contributed by atoms with Gasteiger partial charge < -0.3 is 16.4 Å². The van der Waals surface area contributed by atoms with Crippen molar-refractivity contribution in [2.45, 2.75) is 0 Å². The Hall–Kier alpha value is -1.72. The number of carbonyl (C=O) groups is 1. The van der Waals surface area contributed by atoms with Crippen LogP contribution in [-0.2, 0) is 0 Å². The number of nitrogens with one attached hydrogen (secondary N) is 2. The second-order valence-electron chi connectivity index (χ2n) is 3.82. The highest BCUT2D eigenvalue weighted by atomic mass is 79.9. The highest BCUT2D eigenvalue weighted by Crippen LogP contribution is 2.22. The van der Waals surface area contributed by atoms with E-state index in [4.69, 9.17) is 17.3 Å². The summed E-state index contributed by atoms with van der Waals surface area (Å²) in [4.78, 5) is 11.8. The number of hydrogen-bond donors (Lipinski definition) is 3. The first-order chi connectivity index (χ1) is 9.04. The molecule has 2 aromatic carbocycles. The van der Waals surface area contributed by atoms with E-state index >= 15 is 0 Å². The summed E-state index contributed by atoms with van der Waals surface area (Å²) in [6.07, 6.45) is 0. The molecule has 4 N–H and O–H groups in total. The number of carbonyl (C=O) groups excluding carboxylic acids is 1. The number of nitrogen functional groups attached to an aromatic ring is 1. The maximum Gasteiger partial charge on any atom is 0.323 e. The van der Waals surface area contributed by atoms with E-state index in [0.717, 1.165) is 4.47 Å². The molecule has 2 aromatic rings. The van der Waals surface area contributed by atoms with Crippen molar-refractivity contribution in [3.63, 3.8) is 0 Å². The average molecular weight is 341 g/mol. The van der Waals surface area contributed by atoms with Gasteiger partial charge in [-0.05, 0) is 42.5 Å². The highest BCUT2D eigenvalue weighted by molar-refractivity contribution is 9.10. The fraction of sp³-hybridized carbons (Fsp3) is 0. The maximum absolute atomic E-state index is 11.8. The molecule has 0 aliphatic heterocycles. The van der Waals surface area contributed by atoms with Gasteiger partial charge in [-0.15, -0.1) is 0 Å². The van der Waals surface area contributed by atoms with Gasteiger partial charge in [0.2, 0.25) is 0 Å². The molecule has 0 unspecified atom stereocenters. The van der Waals surface area contributed by atoms with Crippen molar-refractivity contribution in [2.75, 3.05) is 16.4 Å². The van der Waals surface area contributed by atoms with Crippen LogP contribution in [0.3, 0.4) is 0 Å². The fourth-order valence-corrected chi connectivity index (χ4v) is 1.88. The molecule has 4 nitrogen and oxygen atoms in total. The van der Waals surface area contributed by atoms with Gasteiger partial charge in [-0.3, -0.25) is 0 Å². The minimum absolute atomic E-state index is 0.344. The van der Waals surface area contributed by atoms with E-state index in [1.165, 1.54) is 0 Å². The number of rotatable bonds is 2. The molecule has 0 aromatic heterocycles. The molecule has 0 aliphatic rings. The lowest BCUT2D eigenvalue weighted by atomic mass is 10.3. The summed E-state index contributed by atoms with van der Waals surface area (Å²) in [5.74, 6) is 0. The van der Waals surface area contributed by atoms with Crippen molar-refractivity contribution in [1.82, 2.24) is 0 Å². The molecule has 19 heavy (non-hydrogen) atoms. The number of anilines is 3. The van der Waals surface area contributed by atoms with Crippen molar-refractivity contribution < 1.29 is 4.79 Å². The Morgan fingerprint density at radius 2 is 1.63 bits per heavy atom. The van der Waals surface area contributed by atoms with Crippen LogP contribution in [0, 0.1) is 0 Å². The van der Waals surface area contributed by atoms with Gasteiger partial charge >= 0.3 is 6.03 Å². The first-order valence-corrected chi connectivity index (χ1v) is 6.60. The van der Waals surface area contributed by atoms with Crippen LogP contribution >= 0.6 is 27.5 Å². The van der Waals surface area contributed by atoms with Crippen molar-refractivity contribution in [3.8, 4) is 0 Å². The van der Waals surface area contributed by atoms with E-state index in [9.17, 15) is 4.79 Å². The smallest absolute Gasteiger partial charge is 0.323 e. The van der Waals surface area contributed by atoms with Gasteiger partial charge in [0.1, 0.15) is 0 Å². The number of amides is 2. The molecule has 0 spiro atoms. The third-order valence-corrected chi connectivity index (χ3v) is 3.22. The maximum atomic E-state index is 11.8. The van der Waals surface area contributed by atoms with E-state index in [1.54, 1.807) is 30.3 Å². The van der Waals surface area contributed by atoms with Gasteiger partial charge in [0.15, 0.2) is 0 Å². The van der Waals surface area contributed by atoms with Crippen molar-refractivity contribution in [2.24, 2.45) is 0 Å². The average Bonchev–Trinajstić information content (AvgIpc) is 2.37. The zero-order chi connectivity index (χ0) is 13.8. The molecule has 0 aliphatic carbocycles. The van der Waals surface area contributed by atoms with Gasteiger partial charge in [-0.25, -0.2) is 4.79 Å². The van der Waals surface area contributed by atoms with Gasteiger partial charge in [0.05, 0.1) is 10.7 Å². The van der Waals surface area contributed by atoms with E-state index in [1.807, 2.05) is 12.1 Å². The molecule has 6 heteroatoms. The van der Waals surface area contributed by atoms with E-state index in [0.29, 0.717) is 22.1 Å². The summed E-state index contributed by atoms with van der Waals surface area (Å²) in [6.45, 7) is 0. The SMILES string of the molecule is Nc1ccc(NC(=O)Nc2ccc(Br)cc2)cc1Cl. The van der Waals surface area contributed by atoms with E-state index in [2.05, 4.69) is 26.6 Å². The summed E-state index contributed by atoms with van der Waals surface area (Å²) in [5, 5.41) is 5.78. The van der Waals surface area contributed by atoms with Crippen molar-refractivity contribution in [1.29, 1.82) is 0 Å². The molecule has 98 valence electrons. The second kappa shape index (κ2) is 5.95. The molecule has 0 saturated heterocycles. The molecule has 0 heterocycles. The zero-order valence-electron chi connectivity index (χ0n) is 9.78. The van der Waals surface area contributed by atoms with Crippen LogP contribution in [0.15, 0.2) is 46.9 Å². The molecule has 0 fully saturated rings. The zero-order valence-corrected chi connectivity index (χ0v) is 12.1. The van der Waals surface area contributed by atoms with E-state index < -0.39 is 0 Å². The third-order valence-electron chi connectivity index (χ3n) is 2.36. The highest BCUT2D eigenvalue weighted by Gasteiger charge is 2.04.